The van der Waals surface area contributed by atoms with E-state index in [1.807, 2.05) is 35.6 Å². The van der Waals surface area contributed by atoms with Crippen molar-refractivity contribution in [3.63, 3.8) is 0 Å². The average Bonchev–Trinajstić information content (AvgIpc) is 3.57. The molecule has 7 aromatic carbocycles. The van der Waals surface area contributed by atoms with Crippen LogP contribution in [0, 0.1) is 0 Å². The zero-order valence-electron chi connectivity index (χ0n) is 26.5. The van der Waals surface area contributed by atoms with E-state index in [1.54, 1.807) is 0 Å². The summed E-state index contributed by atoms with van der Waals surface area (Å²) in [4.78, 5) is 15.2. The molecule has 0 atom stereocenters. The molecule has 0 unspecified atom stereocenters. The molecule has 4 heteroatoms. The van der Waals surface area contributed by atoms with E-state index in [0.29, 0.717) is 17.5 Å². The van der Waals surface area contributed by atoms with Crippen LogP contribution in [0.3, 0.4) is 0 Å². The molecule has 0 spiro atoms. The molecule has 0 saturated carbocycles. The Balaban J connectivity index is 1.24. The molecule has 230 valence electrons. The summed E-state index contributed by atoms with van der Waals surface area (Å²) in [6.07, 6.45) is 0. The number of hydrogen-bond acceptors (Lipinski definition) is 4. The largest absolute Gasteiger partial charge is 0.208 e. The van der Waals surface area contributed by atoms with Crippen LogP contribution in [-0.4, -0.2) is 15.0 Å². The molecular weight excluding hydrogens is 615 g/mol. The molecule has 0 fully saturated rings. The lowest BCUT2D eigenvalue weighted by molar-refractivity contribution is 1.07. The Hall–Kier alpha value is -6.23. The number of aromatic nitrogens is 3. The highest BCUT2D eigenvalue weighted by molar-refractivity contribution is 7.26. The van der Waals surface area contributed by atoms with E-state index in [2.05, 4.69) is 152 Å². The fraction of sp³-hybridized carbons (Fsp3) is 0. The van der Waals surface area contributed by atoms with E-state index in [0.717, 1.165) is 27.8 Å². The van der Waals surface area contributed by atoms with Crippen molar-refractivity contribution < 1.29 is 0 Å². The predicted molar refractivity (Wildman–Crippen MR) is 205 cm³/mol. The standard InChI is InChI=1S/C45H29N3S/c1-5-14-30(15-6-1)34-22-13-23-35(26-34)44-46-43(33-20-11-4-12-21-33)47-45(48-44)36-24-25-41-39(27-36)40-29-37(31-16-7-2-8-17-31)28-38(42(40)49-41)32-18-9-3-10-19-32/h1-29H. The summed E-state index contributed by atoms with van der Waals surface area (Å²) >= 11 is 1.84. The van der Waals surface area contributed by atoms with Crippen molar-refractivity contribution in [2.75, 3.05) is 0 Å². The second-order valence-corrected chi connectivity index (χ2v) is 13.1. The SMILES string of the molecule is c1ccc(-c2cccc(-c3nc(-c4ccccc4)nc(-c4ccc5sc6c(-c7ccccc7)cc(-c7ccccc7)cc6c5c4)n3)c2)cc1. The van der Waals surface area contributed by atoms with Crippen molar-refractivity contribution >= 4 is 31.5 Å². The van der Waals surface area contributed by atoms with Crippen LogP contribution < -0.4 is 0 Å². The minimum Gasteiger partial charge on any atom is -0.208 e. The van der Waals surface area contributed by atoms with Gasteiger partial charge in [0, 0.05) is 42.4 Å². The number of benzene rings is 7. The van der Waals surface area contributed by atoms with Gasteiger partial charge in [0.2, 0.25) is 0 Å². The molecular formula is C45H29N3S. The monoisotopic (exact) mass is 643 g/mol. The molecule has 0 N–H and O–H groups in total. The summed E-state index contributed by atoms with van der Waals surface area (Å²) in [7, 11) is 0. The molecule has 0 amide bonds. The number of rotatable bonds is 6. The average molecular weight is 644 g/mol. The summed E-state index contributed by atoms with van der Waals surface area (Å²) in [5.41, 5.74) is 9.98. The van der Waals surface area contributed by atoms with Crippen molar-refractivity contribution in [1.82, 2.24) is 15.0 Å². The number of hydrogen-bond donors (Lipinski definition) is 0. The summed E-state index contributed by atoms with van der Waals surface area (Å²) < 4.78 is 2.51. The van der Waals surface area contributed by atoms with Crippen molar-refractivity contribution in [2.24, 2.45) is 0 Å². The van der Waals surface area contributed by atoms with Crippen molar-refractivity contribution in [2.45, 2.75) is 0 Å². The summed E-state index contributed by atoms with van der Waals surface area (Å²) in [5, 5.41) is 2.43. The first kappa shape index (κ1) is 29.0. The van der Waals surface area contributed by atoms with Gasteiger partial charge in [-0.1, -0.05) is 140 Å². The first-order valence-corrected chi connectivity index (χ1v) is 17.2. The van der Waals surface area contributed by atoms with E-state index in [1.165, 1.54) is 42.4 Å². The van der Waals surface area contributed by atoms with Gasteiger partial charge in [0.05, 0.1) is 0 Å². The number of nitrogens with zero attached hydrogens (tertiary/aromatic N) is 3. The molecule has 0 aliphatic heterocycles. The third-order valence-electron chi connectivity index (χ3n) is 8.92. The van der Waals surface area contributed by atoms with Gasteiger partial charge >= 0.3 is 0 Å². The number of thiophene rings is 1. The molecule has 2 aromatic heterocycles. The van der Waals surface area contributed by atoms with E-state index >= 15 is 0 Å². The van der Waals surface area contributed by atoms with Gasteiger partial charge in [-0.15, -0.1) is 11.3 Å². The third kappa shape index (κ3) is 5.58. The molecule has 2 heterocycles. The van der Waals surface area contributed by atoms with Crippen LogP contribution in [0.1, 0.15) is 0 Å². The maximum absolute atomic E-state index is 5.12. The van der Waals surface area contributed by atoms with Crippen LogP contribution in [0.25, 0.3) is 87.7 Å². The molecule has 0 aliphatic carbocycles. The lowest BCUT2D eigenvalue weighted by atomic mass is 9.96. The Bertz CT molecular complexity index is 2580. The molecule has 3 nitrogen and oxygen atoms in total. The zero-order valence-corrected chi connectivity index (χ0v) is 27.3. The second kappa shape index (κ2) is 12.4. The lowest BCUT2D eigenvalue weighted by Gasteiger charge is -2.10. The molecule has 0 aliphatic rings. The van der Waals surface area contributed by atoms with Gasteiger partial charge in [0.15, 0.2) is 17.5 Å². The molecule has 9 rings (SSSR count). The van der Waals surface area contributed by atoms with Gasteiger partial charge in [0.25, 0.3) is 0 Å². The Morgan fingerprint density at radius 1 is 0.306 bits per heavy atom. The van der Waals surface area contributed by atoms with Gasteiger partial charge in [0.1, 0.15) is 0 Å². The smallest absolute Gasteiger partial charge is 0.164 e. The van der Waals surface area contributed by atoms with Crippen LogP contribution >= 0.6 is 11.3 Å². The van der Waals surface area contributed by atoms with Crippen LogP contribution in [0.2, 0.25) is 0 Å². The van der Waals surface area contributed by atoms with Gasteiger partial charge in [-0.05, 0) is 64.2 Å². The third-order valence-corrected chi connectivity index (χ3v) is 10.1. The van der Waals surface area contributed by atoms with E-state index in [9.17, 15) is 0 Å². The fourth-order valence-electron chi connectivity index (χ4n) is 6.47. The lowest BCUT2D eigenvalue weighted by Crippen LogP contribution is -2.00. The highest BCUT2D eigenvalue weighted by Gasteiger charge is 2.17. The summed E-state index contributed by atoms with van der Waals surface area (Å²) in [6, 6.07) is 61.6. The summed E-state index contributed by atoms with van der Waals surface area (Å²) in [5.74, 6) is 1.95. The van der Waals surface area contributed by atoms with E-state index in [-0.39, 0.29) is 0 Å². The van der Waals surface area contributed by atoms with Gasteiger partial charge in [-0.3, -0.25) is 0 Å². The topological polar surface area (TPSA) is 38.7 Å². The van der Waals surface area contributed by atoms with Gasteiger partial charge < -0.3 is 0 Å². The Morgan fingerprint density at radius 2 is 0.776 bits per heavy atom. The highest BCUT2D eigenvalue weighted by atomic mass is 32.1. The quantitative estimate of drug-likeness (QED) is 0.181. The Labute approximate surface area is 288 Å². The predicted octanol–water partition coefficient (Wildman–Crippen LogP) is 12.2. The van der Waals surface area contributed by atoms with Gasteiger partial charge in [-0.25, -0.2) is 15.0 Å². The highest BCUT2D eigenvalue weighted by Crippen LogP contribution is 2.44. The Kier molecular flexibility index (Phi) is 7.34. The van der Waals surface area contributed by atoms with E-state index in [4.69, 9.17) is 15.0 Å². The molecule has 9 aromatic rings. The molecule has 0 bridgehead atoms. The van der Waals surface area contributed by atoms with Crippen molar-refractivity contribution in [3.05, 3.63) is 176 Å². The van der Waals surface area contributed by atoms with Crippen molar-refractivity contribution in [1.29, 1.82) is 0 Å². The van der Waals surface area contributed by atoms with Crippen molar-refractivity contribution in [3.8, 4) is 67.5 Å². The van der Waals surface area contributed by atoms with Crippen LogP contribution in [-0.2, 0) is 0 Å². The Morgan fingerprint density at radius 3 is 1.41 bits per heavy atom. The van der Waals surface area contributed by atoms with Crippen LogP contribution in [0.15, 0.2) is 176 Å². The summed E-state index contributed by atoms with van der Waals surface area (Å²) in [6.45, 7) is 0. The zero-order chi connectivity index (χ0) is 32.6. The fourth-order valence-corrected chi connectivity index (χ4v) is 7.67. The first-order chi connectivity index (χ1) is 24.3. The van der Waals surface area contributed by atoms with Crippen LogP contribution in [0.4, 0.5) is 0 Å². The minimum atomic E-state index is 0.648. The maximum Gasteiger partial charge on any atom is 0.164 e. The van der Waals surface area contributed by atoms with Crippen LogP contribution in [0.5, 0.6) is 0 Å². The minimum absolute atomic E-state index is 0.648. The first-order valence-electron chi connectivity index (χ1n) is 16.4. The molecule has 49 heavy (non-hydrogen) atoms. The maximum atomic E-state index is 5.12. The second-order valence-electron chi connectivity index (χ2n) is 12.1. The molecule has 0 saturated heterocycles. The normalized spacial score (nSPS) is 11.3. The van der Waals surface area contributed by atoms with E-state index < -0.39 is 0 Å². The van der Waals surface area contributed by atoms with Gasteiger partial charge in [-0.2, -0.15) is 0 Å². The molecule has 0 radical (unpaired) electrons. The number of fused-ring (bicyclic) bond motifs is 3.